The number of carbonyl (C=O) groups excluding carboxylic acids is 1. The molecule has 1 amide bonds. The molecule has 2 unspecified atom stereocenters. The van der Waals surface area contributed by atoms with E-state index < -0.39 is 9.84 Å². The quantitative estimate of drug-likeness (QED) is 0.615. The summed E-state index contributed by atoms with van der Waals surface area (Å²) in [5.41, 5.74) is 0.718. The van der Waals surface area contributed by atoms with Gasteiger partial charge in [0.1, 0.15) is 18.0 Å². The highest BCUT2D eigenvalue weighted by atomic mass is 32.2. The Balaban J connectivity index is 1.33. The Kier molecular flexibility index (Phi) is 6.69. The van der Waals surface area contributed by atoms with Gasteiger partial charge in [0.15, 0.2) is 15.0 Å². The number of piperidine rings is 1. The number of amidine groups is 1. The minimum Gasteiger partial charge on any atom is -0.358 e. The summed E-state index contributed by atoms with van der Waals surface area (Å²) in [4.78, 5) is 26.7. The average Bonchev–Trinajstić information content (AvgIpc) is 3.37. The van der Waals surface area contributed by atoms with E-state index in [9.17, 15) is 13.2 Å². The number of amides is 1. The van der Waals surface area contributed by atoms with Gasteiger partial charge in [-0.3, -0.25) is 4.79 Å². The number of likely N-dealkylation sites (tertiary alicyclic amines) is 2. The first-order valence-electron chi connectivity index (χ1n) is 11.1. The molecular formula is C21H32N6O3S2. The van der Waals surface area contributed by atoms with Gasteiger partial charge < -0.3 is 15.1 Å². The van der Waals surface area contributed by atoms with Gasteiger partial charge >= 0.3 is 0 Å². The predicted molar refractivity (Wildman–Crippen MR) is 127 cm³/mol. The third-order valence-corrected chi connectivity index (χ3v) is 8.34. The van der Waals surface area contributed by atoms with Crippen molar-refractivity contribution in [2.24, 2.45) is 10.9 Å². The van der Waals surface area contributed by atoms with Crippen LogP contribution < -0.4 is 10.0 Å². The number of aryl methyl sites for hydroxylation is 1. The number of sulfone groups is 1. The fourth-order valence-corrected chi connectivity index (χ4v) is 6.02. The standard InChI is InChI=1S/C21H32N6O3S2/c1-13(2)18-24-21(31-25-18)26-8-5-15(6-9-26)27-10-7-17(20(27)28)23-19-14(3)11-16(12-22-19)32(4,29)30/h11-13,15,17-18,25H,5-10H2,1-4H3,(H,22,23). The minimum absolute atomic E-state index is 0.103. The van der Waals surface area contributed by atoms with Crippen molar-refractivity contribution in [3.63, 3.8) is 0 Å². The zero-order chi connectivity index (χ0) is 23.0. The van der Waals surface area contributed by atoms with Gasteiger partial charge in [0.25, 0.3) is 0 Å². The van der Waals surface area contributed by atoms with E-state index in [4.69, 9.17) is 4.99 Å². The van der Waals surface area contributed by atoms with E-state index in [0.29, 0.717) is 11.7 Å². The van der Waals surface area contributed by atoms with E-state index in [1.54, 1.807) is 24.9 Å². The molecule has 9 nitrogen and oxygen atoms in total. The summed E-state index contributed by atoms with van der Waals surface area (Å²) < 4.78 is 26.8. The summed E-state index contributed by atoms with van der Waals surface area (Å²) in [6, 6.07) is 1.52. The van der Waals surface area contributed by atoms with E-state index in [1.807, 2.05) is 4.90 Å². The van der Waals surface area contributed by atoms with Crippen LogP contribution in [0.25, 0.3) is 0 Å². The van der Waals surface area contributed by atoms with Gasteiger partial charge in [0, 0.05) is 38.1 Å². The van der Waals surface area contributed by atoms with E-state index in [2.05, 4.69) is 33.8 Å². The summed E-state index contributed by atoms with van der Waals surface area (Å²) in [6.45, 7) is 8.67. The van der Waals surface area contributed by atoms with Crippen LogP contribution >= 0.6 is 11.9 Å². The molecule has 1 aromatic heterocycles. The molecule has 3 aliphatic heterocycles. The number of carbonyl (C=O) groups is 1. The van der Waals surface area contributed by atoms with E-state index in [1.165, 1.54) is 6.20 Å². The molecule has 2 N–H and O–H groups in total. The second-order valence-electron chi connectivity index (χ2n) is 9.16. The maximum absolute atomic E-state index is 13.1. The van der Waals surface area contributed by atoms with E-state index in [0.717, 1.165) is 55.9 Å². The van der Waals surface area contributed by atoms with Crippen molar-refractivity contribution >= 4 is 38.7 Å². The maximum Gasteiger partial charge on any atom is 0.245 e. The Morgan fingerprint density at radius 3 is 2.53 bits per heavy atom. The molecule has 3 aliphatic rings. The van der Waals surface area contributed by atoms with Crippen LogP contribution in [0.5, 0.6) is 0 Å². The molecule has 0 radical (unpaired) electrons. The van der Waals surface area contributed by atoms with Crippen molar-refractivity contribution in [1.82, 2.24) is 19.5 Å². The zero-order valence-electron chi connectivity index (χ0n) is 19.0. The molecule has 11 heteroatoms. The Morgan fingerprint density at radius 1 is 1.22 bits per heavy atom. The zero-order valence-corrected chi connectivity index (χ0v) is 20.7. The number of aliphatic imine (C=N–C) groups is 1. The van der Waals surface area contributed by atoms with Gasteiger partial charge in [-0.2, -0.15) is 0 Å². The largest absolute Gasteiger partial charge is 0.358 e. The third-order valence-electron chi connectivity index (χ3n) is 6.36. The molecule has 0 aromatic carbocycles. The average molecular weight is 481 g/mol. The Bertz CT molecular complexity index is 1000. The van der Waals surface area contributed by atoms with Crippen molar-refractivity contribution < 1.29 is 13.2 Å². The van der Waals surface area contributed by atoms with Crippen molar-refractivity contribution in [2.45, 2.75) is 63.2 Å². The molecule has 2 saturated heterocycles. The predicted octanol–water partition coefficient (Wildman–Crippen LogP) is 1.86. The van der Waals surface area contributed by atoms with Crippen molar-refractivity contribution in [3.05, 3.63) is 17.8 Å². The van der Waals surface area contributed by atoms with Gasteiger partial charge in [-0.1, -0.05) is 13.8 Å². The molecule has 2 atom stereocenters. The molecular weight excluding hydrogens is 448 g/mol. The highest BCUT2D eigenvalue weighted by Crippen LogP contribution is 2.28. The van der Waals surface area contributed by atoms with E-state index in [-0.39, 0.29) is 29.1 Å². The normalized spacial score (nSPS) is 25.0. The first-order chi connectivity index (χ1) is 15.1. The fraction of sp³-hybridized carbons (Fsp3) is 0.667. The summed E-state index contributed by atoms with van der Waals surface area (Å²) in [5.74, 6) is 1.13. The van der Waals surface area contributed by atoms with Gasteiger partial charge in [-0.15, -0.1) is 0 Å². The Hall–Kier alpha value is -1.85. The molecule has 0 aliphatic carbocycles. The van der Waals surface area contributed by atoms with Crippen LogP contribution in [-0.4, -0.2) is 78.4 Å². The number of pyridine rings is 1. The summed E-state index contributed by atoms with van der Waals surface area (Å²) >= 11 is 1.62. The Morgan fingerprint density at radius 2 is 1.94 bits per heavy atom. The Labute approximate surface area is 194 Å². The van der Waals surface area contributed by atoms with Crippen LogP contribution in [0.2, 0.25) is 0 Å². The number of rotatable bonds is 5. The van der Waals surface area contributed by atoms with Crippen LogP contribution in [0.1, 0.15) is 38.7 Å². The van der Waals surface area contributed by atoms with Crippen LogP contribution in [0, 0.1) is 12.8 Å². The molecule has 2 fully saturated rings. The lowest BCUT2D eigenvalue weighted by Crippen LogP contribution is -2.48. The molecule has 0 saturated carbocycles. The number of aromatic nitrogens is 1. The lowest BCUT2D eigenvalue weighted by molar-refractivity contribution is -0.131. The molecule has 1 aromatic rings. The first kappa shape index (κ1) is 23.3. The smallest absolute Gasteiger partial charge is 0.245 e. The van der Waals surface area contributed by atoms with Gasteiger partial charge in [0.05, 0.1) is 4.90 Å². The number of nitrogens with one attached hydrogen (secondary N) is 2. The van der Waals surface area contributed by atoms with Crippen LogP contribution in [0.4, 0.5) is 5.82 Å². The first-order valence-corrected chi connectivity index (χ1v) is 13.8. The third kappa shape index (κ3) is 4.89. The topological polar surface area (TPSA) is 107 Å². The van der Waals surface area contributed by atoms with Gasteiger partial charge in [-0.25, -0.2) is 23.1 Å². The minimum atomic E-state index is -3.30. The number of hydrogen-bond acceptors (Lipinski definition) is 9. The molecule has 176 valence electrons. The second-order valence-corrected chi connectivity index (χ2v) is 12.0. The number of nitrogens with zero attached hydrogens (tertiary/aromatic N) is 4. The lowest BCUT2D eigenvalue weighted by atomic mass is 10.0. The maximum atomic E-state index is 13.1. The van der Waals surface area contributed by atoms with E-state index >= 15 is 0 Å². The summed E-state index contributed by atoms with van der Waals surface area (Å²) in [6.07, 6.45) is 5.27. The monoisotopic (exact) mass is 480 g/mol. The molecule has 4 heterocycles. The van der Waals surface area contributed by atoms with Crippen LogP contribution in [-0.2, 0) is 14.6 Å². The SMILES string of the molecule is Cc1cc(S(C)(=O)=O)cnc1NC1CCN(C2CCN(C3=NC(C(C)C)NS3)CC2)C1=O. The van der Waals surface area contributed by atoms with Crippen molar-refractivity contribution in [2.75, 3.05) is 31.2 Å². The number of anilines is 1. The van der Waals surface area contributed by atoms with Gasteiger partial charge in [-0.05, 0) is 55.7 Å². The molecule has 0 bridgehead atoms. The summed E-state index contributed by atoms with van der Waals surface area (Å²) in [5, 5.41) is 4.30. The van der Waals surface area contributed by atoms with Crippen molar-refractivity contribution in [1.29, 1.82) is 0 Å². The highest BCUT2D eigenvalue weighted by molar-refractivity contribution is 8.12. The molecule has 0 spiro atoms. The highest BCUT2D eigenvalue weighted by Gasteiger charge is 2.38. The lowest BCUT2D eigenvalue weighted by Gasteiger charge is -2.37. The van der Waals surface area contributed by atoms with Crippen molar-refractivity contribution in [3.8, 4) is 0 Å². The fourth-order valence-electron chi connectivity index (χ4n) is 4.35. The van der Waals surface area contributed by atoms with Gasteiger partial charge in [0.2, 0.25) is 5.91 Å². The van der Waals surface area contributed by atoms with Crippen LogP contribution in [0.3, 0.4) is 0 Å². The molecule has 4 rings (SSSR count). The number of hydrogen-bond donors (Lipinski definition) is 2. The summed E-state index contributed by atoms with van der Waals surface area (Å²) in [7, 11) is -3.30. The van der Waals surface area contributed by atoms with Crippen LogP contribution in [0.15, 0.2) is 22.2 Å². The molecule has 32 heavy (non-hydrogen) atoms. The second kappa shape index (κ2) is 9.18.